The molecule has 1 aromatic carbocycles. The lowest BCUT2D eigenvalue weighted by molar-refractivity contribution is -0.385. The Morgan fingerprint density at radius 3 is 2.37 bits per heavy atom. The molecule has 0 unspecified atom stereocenters. The van der Waals surface area contributed by atoms with Crippen molar-refractivity contribution in [3.05, 3.63) is 27.8 Å². The molecule has 1 aliphatic rings. The molecule has 0 aliphatic carbocycles. The number of carbonyl (C=O) groups excluding carboxylic acids is 2. The van der Waals surface area contributed by atoms with Gasteiger partial charge in [0.15, 0.2) is 18.1 Å². The van der Waals surface area contributed by atoms with E-state index in [1.165, 1.54) is 13.2 Å². The number of benzene rings is 1. The maximum atomic E-state index is 12.4. The lowest BCUT2D eigenvalue weighted by Gasteiger charge is -2.20. The minimum Gasteiger partial charge on any atom is -0.493 e. The van der Waals surface area contributed by atoms with E-state index in [9.17, 15) is 19.7 Å². The minimum absolute atomic E-state index is 0.140. The number of nitro benzene ring substituents is 1. The number of hydrogen-bond acceptors (Lipinski definition) is 7. The van der Waals surface area contributed by atoms with Crippen LogP contribution in [-0.2, 0) is 9.53 Å². The van der Waals surface area contributed by atoms with E-state index >= 15 is 0 Å². The highest BCUT2D eigenvalue weighted by Crippen LogP contribution is 2.35. The first-order valence-electron chi connectivity index (χ1n) is 8.92. The second-order valence-corrected chi connectivity index (χ2v) is 6.08. The van der Waals surface area contributed by atoms with Crippen LogP contribution < -0.4 is 9.47 Å². The van der Waals surface area contributed by atoms with Crippen molar-refractivity contribution in [2.24, 2.45) is 0 Å². The molecule has 27 heavy (non-hydrogen) atoms. The van der Waals surface area contributed by atoms with Gasteiger partial charge >= 0.3 is 5.97 Å². The van der Waals surface area contributed by atoms with E-state index in [0.717, 1.165) is 31.7 Å². The van der Waals surface area contributed by atoms with Gasteiger partial charge in [-0.05, 0) is 19.8 Å². The summed E-state index contributed by atoms with van der Waals surface area (Å²) in [5.41, 5.74) is -0.754. The number of nitro groups is 1. The van der Waals surface area contributed by atoms with Crippen molar-refractivity contribution in [3.63, 3.8) is 0 Å². The summed E-state index contributed by atoms with van der Waals surface area (Å²) in [4.78, 5) is 36.9. The lowest BCUT2D eigenvalue weighted by Crippen LogP contribution is -2.35. The Kier molecular flexibility index (Phi) is 7.39. The van der Waals surface area contributed by atoms with Crippen LogP contribution in [0.2, 0.25) is 0 Å². The molecule has 0 N–H and O–H groups in total. The normalized spacial score (nSPS) is 14.2. The molecule has 0 bridgehead atoms. The quantitative estimate of drug-likeness (QED) is 0.406. The summed E-state index contributed by atoms with van der Waals surface area (Å²) in [5.74, 6) is -0.919. The first kappa shape index (κ1) is 20.5. The predicted molar refractivity (Wildman–Crippen MR) is 96.1 cm³/mol. The monoisotopic (exact) mass is 380 g/mol. The van der Waals surface area contributed by atoms with Crippen molar-refractivity contribution < 1.29 is 28.7 Å². The largest absolute Gasteiger partial charge is 0.493 e. The number of nitrogens with zero attached hydrogens (tertiary/aromatic N) is 2. The van der Waals surface area contributed by atoms with E-state index in [0.29, 0.717) is 13.1 Å². The van der Waals surface area contributed by atoms with E-state index in [-0.39, 0.29) is 29.6 Å². The van der Waals surface area contributed by atoms with Gasteiger partial charge in [-0.15, -0.1) is 0 Å². The van der Waals surface area contributed by atoms with Gasteiger partial charge < -0.3 is 19.1 Å². The highest BCUT2D eigenvalue weighted by molar-refractivity contribution is 5.96. The number of methoxy groups -OCH3 is 1. The fraction of sp³-hybridized carbons (Fsp3) is 0.556. The summed E-state index contributed by atoms with van der Waals surface area (Å²) in [6.07, 6.45) is 3.98. The van der Waals surface area contributed by atoms with Crippen LogP contribution in [0.3, 0.4) is 0 Å². The molecule has 1 amide bonds. The highest BCUT2D eigenvalue weighted by atomic mass is 16.6. The number of rotatable bonds is 7. The van der Waals surface area contributed by atoms with Gasteiger partial charge in [-0.3, -0.25) is 14.9 Å². The Morgan fingerprint density at radius 1 is 1.15 bits per heavy atom. The summed E-state index contributed by atoms with van der Waals surface area (Å²) in [5, 5.41) is 11.3. The lowest BCUT2D eigenvalue weighted by atomic mass is 10.1. The van der Waals surface area contributed by atoms with Crippen LogP contribution in [-0.4, -0.2) is 55.1 Å². The first-order chi connectivity index (χ1) is 13.0. The molecule has 1 heterocycles. The molecular formula is C18H24N2O7. The van der Waals surface area contributed by atoms with Crippen LogP contribution >= 0.6 is 0 Å². The molecule has 1 aromatic rings. The average molecular weight is 380 g/mol. The van der Waals surface area contributed by atoms with Crippen LogP contribution in [0, 0.1) is 10.1 Å². The van der Waals surface area contributed by atoms with Crippen LogP contribution in [0.4, 0.5) is 5.69 Å². The number of carbonyl (C=O) groups is 2. The molecule has 1 saturated heterocycles. The standard InChI is InChI=1S/C18H24N2O7/c1-3-26-16-10-13(14(20(23)24)11-15(16)25-2)18(22)27-12-17(21)19-8-6-4-5-7-9-19/h10-11H,3-9,12H2,1-2H3. The Labute approximate surface area is 157 Å². The molecule has 0 spiro atoms. The third kappa shape index (κ3) is 5.32. The third-order valence-electron chi connectivity index (χ3n) is 4.28. The van der Waals surface area contributed by atoms with Gasteiger partial charge in [-0.25, -0.2) is 4.79 Å². The first-order valence-corrected chi connectivity index (χ1v) is 8.92. The zero-order chi connectivity index (χ0) is 19.8. The smallest absolute Gasteiger partial charge is 0.345 e. The van der Waals surface area contributed by atoms with Crippen molar-refractivity contribution in [2.45, 2.75) is 32.6 Å². The predicted octanol–water partition coefficient (Wildman–Crippen LogP) is 2.56. The molecule has 9 nitrogen and oxygen atoms in total. The van der Waals surface area contributed by atoms with Gasteiger partial charge in [0.25, 0.3) is 11.6 Å². The van der Waals surface area contributed by atoms with Crippen molar-refractivity contribution in [2.75, 3.05) is 33.4 Å². The van der Waals surface area contributed by atoms with Gasteiger partial charge in [-0.1, -0.05) is 12.8 Å². The van der Waals surface area contributed by atoms with E-state index in [4.69, 9.17) is 14.2 Å². The molecule has 1 fully saturated rings. The second-order valence-electron chi connectivity index (χ2n) is 6.08. The van der Waals surface area contributed by atoms with E-state index in [2.05, 4.69) is 0 Å². The second kappa shape index (κ2) is 9.75. The Balaban J connectivity index is 2.15. The summed E-state index contributed by atoms with van der Waals surface area (Å²) < 4.78 is 15.5. The van der Waals surface area contributed by atoms with Crippen LogP contribution in [0.25, 0.3) is 0 Å². The average Bonchev–Trinajstić information content (AvgIpc) is 2.95. The molecule has 0 atom stereocenters. The number of esters is 1. The topological polar surface area (TPSA) is 108 Å². The molecule has 9 heteroatoms. The summed E-state index contributed by atoms with van der Waals surface area (Å²) in [7, 11) is 1.35. The van der Waals surface area contributed by atoms with E-state index < -0.39 is 23.2 Å². The molecule has 148 valence electrons. The molecule has 0 aromatic heterocycles. The maximum Gasteiger partial charge on any atom is 0.345 e. The van der Waals surface area contributed by atoms with E-state index in [1.807, 2.05) is 0 Å². The Hall–Kier alpha value is -2.84. The van der Waals surface area contributed by atoms with Crippen molar-refractivity contribution in [1.82, 2.24) is 4.90 Å². The van der Waals surface area contributed by atoms with Crippen molar-refractivity contribution in [1.29, 1.82) is 0 Å². The van der Waals surface area contributed by atoms with Gasteiger partial charge in [0.2, 0.25) is 0 Å². The number of ether oxygens (including phenoxy) is 3. The summed E-state index contributed by atoms with van der Waals surface area (Å²) in [6, 6.07) is 2.32. The number of hydrogen-bond donors (Lipinski definition) is 0. The number of likely N-dealkylation sites (tertiary alicyclic amines) is 1. The Morgan fingerprint density at radius 2 is 1.81 bits per heavy atom. The van der Waals surface area contributed by atoms with Gasteiger partial charge in [0.1, 0.15) is 5.56 Å². The molecular weight excluding hydrogens is 356 g/mol. The summed E-state index contributed by atoms with van der Waals surface area (Å²) in [6.45, 7) is 2.84. The van der Waals surface area contributed by atoms with Crippen molar-refractivity contribution >= 4 is 17.6 Å². The van der Waals surface area contributed by atoms with Crippen LogP contribution in [0.1, 0.15) is 43.0 Å². The van der Waals surface area contributed by atoms with Crippen molar-refractivity contribution in [3.8, 4) is 11.5 Å². The SMILES string of the molecule is CCOc1cc(C(=O)OCC(=O)N2CCCCCC2)c([N+](=O)[O-])cc1OC. The molecule has 2 rings (SSSR count). The van der Waals surface area contributed by atoms with Crippen LogP contribution in [0.15, 0.2) is 12.1 Å². The Bertz CT molecular complexity index is 697. The number of amides is 1. The molecule has 0 radical (unpaired) electrons. The van der Waals surface area contributed by atoms with Gasteiger partial charge in [-0.2, -0.15) is 0 Å². The zero-order valence-corrected chi connectivity index (χ0v) is 15.6. The fourth-order valence-electron chi connectivity index (χ4n) is 2.91. The fourth-order valence-corrected chi connectivity index (χ4v) is 2.91. The third-order valence-corrected chi connectivity index (χ3v) is 4.28. The summed E-state index contributed by atoms with van der Waals surface area (Å²) >= 11 is 0. The highest BCUT2D eigenvalue weighted by Gasteiger charge is 2.27. The van der Waals surface area contributed by atoms with Gasteiger partial charge in [0, 0.05) is 19.2 Å². The van der Waals surface area contributed by atoms with E-state index in [1.54, 1.807) is 11.8 Å². The molecule has 1 aliphatic heterocycles. The van der Waals surface area contributed by atoms with Gasteiger partial charge in [0.05, 0.1) is 24.7 Å². The van der Waals surface area contributed by atoms with Crippen LogP contribution in [0.5, 0.6) is 11.5 Å². The zero-order valence-electron chi connectivity index (χ0n) is 15.6. The molecule has 0 saturated carbocycles. The maximum absolute atomic E-state index is 12.4. The minimum atomic E-state index is -0.950.